The Bertz CT molecular complexity index is 312. The van der Waals surface area contributed by atoms with Crippen molar-refractivity contribution in [3.8, 4) is 11.5 Å². The predicted octanol–water partition coefficient (Wildman–Crippen LogP) is 1.83. The van der Waals surface area contributed by atoms with Gasteiger partial charge in [-0.2, -0.15) is 0 Å². The molecule has 0 bridgehead atoms. The summed E-state index contributed by atoms with van der Waals surface area (Å²) < 4.78 is 5.54. The van der Waals surface area contributed by atoms with Gasteiger partial charge in [-0.1, -0.05) is 6.92 Å². The number of hydrogen-bond donors (Lipinski definition) is 2. The second kappa shape index (κ2) is 3.17. The summed E-state index contributed by atoms with van der Waals surface area (Å²) in [4.78, 5) is 0. The van der Waals surface area contributed by atoms with E-state index in [-0.39, 0.29) is 5.75 Å². The molecule has 70 valence electrons. The third-order valence-corrected chi connectivity index (χ3v) is 2.13. The fourth-order valence-electron chi connectivity index (χ4n) is 1.36. The monoisotopic (exact) mass is 179 g/mol. The standard InChI is InChI=1S/C10H13NO2/c1-7-5-11-9-4-8(12)2-3-10(9)13-6-7/h2-4,7,11-12H,5-6H2,1H3. The predicted molar refractivity (Wildman–Crippen MR) is 51.3 cm³/mol. The van der Waals surface area contributed by atoms with E-state index in [2.05, 4.69) is 12.2 Å². The molecule has 3 heteroatoms. The van der Waals surface area contributed by atoms with Crippen LogP contribution >= 0.6 is 0 Å². The van der Waals surface area contributed by atoms with Crippen LogP contribution in [0.25, 0.3) is 0 Å². The maximum Gasteiger partial charge on any atom is 0.142 e. The SMILES string of the molecule is CC1CNc2cc(O)ccc2OC1. The van der Waals surface area contributed by atoms with Crippen LogP contribution in [-0.4, -0.2) is 18.3 Å². The average molecular weight is 179 g/mol. The van der Waals surface area contributed by atoms with Gasteiger partial charge in [0.2, 0.25) is 0 Å². The lowest BCUT2D eigenvalue weighted by molar-refractivity contribution is 0.275. The van der Waals surface area contributed by atoms with Gasteiger partial charge in [-0.25, -0.2) is 0 Å². The molecule has 13 heavy (non-hydrogen) atoms. The fourth-order valence-corrected chi connectivity index (χ4v) is 1.36. The van der Waals surface area contributed by atoms with Crippen LogP contribution in [0.2, 0.25) is 0 Å². The molecule has 0 fully saturated rings. The number of fused-ring (bicyclic) bond motifs is 1. The molecule has 1 aliphatic rings. The normalized spacial score (nSPS) is 20.8. The van der Waals surface area contributed by atoms with Crippen molar-refractivity contribution in [3.63, 3.8) is 0 Å². The quantitative estimate of drug-likeness (QED) is 0.638. The topological polar surface area (TPSA) is 41.5 Å². The van der Waals surface area contributed by atoms with Crippen LogP contribution in [0.5, 0.6) is 11.5 Å². The Labute approximate surface area is 77.3 Å². The zero-order valence-corrected chi connectivity index (χ0v) is 7.58. The molecule has 0 saturated heterocycles. The maximum absolute atomic E-state index is 9.25. The van der Waals surface area contributed by atoms with Gasteiger partial charge >= 0.3 is 0 Å². The van der Waals surface area contributed by atoms with Gasteiger partial charge < -0.3 is 15.2 Å². The van der Waals surface area contributed by atoms with E-state index >= 15 is 0 Å². The highest BCUT2D eigenvalue weighted by Gasteiger charge is 2.12. The molecule has 1 aliphatic heterocycles. The summed E-state index contributed by atoms with van der Waals surface area (Å²) >= 11 is 0. The Morgan fingerprint density at radius 1 is 1.54 bits per heavy atom. The van der Waals surface area contributed by atoms with Gasteiger partial charge in [0, 0.05) is 18.5 Å². The Morgan fingerprint density at radius 2 is 2.38 bits per heavy atom. The van der Waals surface area contributed by atoms with Gasteiger partial charge in [0.05, 0.1) is 12.3 Å². The molecule has 0 aromatic heterocycles. The Hall–Kier alpha value is -1.38. The average Bonchev–Trinajstić information content (AvgIpc) is 2.29. The molecule has 1 heterocycles. The molecular formula is C10H13NO2. The first-order valence-corrected chi connectivity index (χ1v) is 4.45. The summed E-state index contributed by atoms with van der Waals surface area (Å²) in [5.74, 6) is 1.58. The van der Waals surface area contributed by atoms with Gasteiger partial charge in [0.1, 0.15) is 11.5 Å². The number of ether oxygens (including phenoxy) is 1. The largest absolute Gasteiger partial charge is 0.508 e. The van der Waals surface area contributed by atoms with E-state index in [1.807, 2.05) is 0 Å². The van der Waals surface area contributed by atoms with Gasteiger partial charge in [-0.3, -0.25) is 0 Å². The number of phenolic OH excluding ortho intramolecular Hbond substituents is 1. The van der Waals surface area contributed by atoms with E-state index in [1.165, 1.54) is 0 Å². The zero-order chi connectivity index (χ0) is 9.26. The van der Waals surface area contributed by atoms with Crippen molar-refractivity contribution in [2.75, 3.05) is 18.5 Å². The number of benzene rings is 1. The molecular weight excluding hydrogens is 166 g/mol. The molecule has 0 amide bonds. The van der Waals surface area contributed by atoms with Gasteiger partial charge in [-0.15, -0.1) is 0 Å². The summed E-state index contributed by atoms with van der Waals surface area (Å²) in [5.41, 5.74) is 0.879. The highest BCUT2D eigenvalue weighted by atomic mass is 16.5. The minimum Gasteiger partial charge on any atom is -0.508 e. The highest BCUT2D eigenvalue weighted by Crippen LogP contribution is 2.30. The highest BCUT2D eigenvalue weighted by molar-refractivity contribution is 5.59. The second-order valence-electron chi connectivity index (χ2n) is 3.48. The van der Waals surface area contributed by atoms with E-state index in [0.717, 1.165) is 24.6 Å². The summed E-state index contributed by atoms with van der Waals surface area (Å²) in [6, 6.07) is 5.11. The maximum atomic E-state index is 9.25. The van der Waals surface area contributed by atoms with E-state index in [0.29, 0.717) is 5.92 Å². The molecule has 3 nitrogen and oxygen atoms in total. The van der Waals surface area contributed by atoms with Crippen LogP contribution in [0.3, 0.4) is 0 Å². The van der Waals surface area contributed by atoms with Gasteiger partial charge in [0.15, 0.2) is 0 Å². The minimum absolute atomic E-state index is 0.268. The number of hydrogen-bond acceptors (Lipinski definition) is 3. The number of nitrogens with one attached hydrogen (secondary N) is 1. The van der Waals surface area contributed by atoms with Crippen LogP contribution in [0, 0.1) is 5.92 Å². The Morgan fingerprint density at radius 3 is 3.23 bits per heavy atom. The molecule has 0 radical (unpaired) electrons. The lowest BCUT2D eigenvalue weighted by atomic mass is 10.2. The fraction of sp³-hybridized carbons (Fsp3) is 0.400. The molecule has 2 rings (SSSR count). The van der Waals surface area contributed by atoms with Crippen molar-refractivity contribution in [1.82, 2.24) is 0 Å². The Balaban J connectivity index is 2.30. The van der Waals surface area contributed by atoms with Crippen molar-refractivity contribution in [2.45, 2.75) is 6.92 Å². The molecule has 2 N–H and O–H groups in total. The second-order valence-corrected chi connectivity index (χ2v) is 3.48. The van der Waals surface area contributed by atoms with Crippen LogP contribution in [-0.2, 0) is 0 Å². The first-order valence-electron chi connectivity index (χ1n) is 4.45. The van der Waals surface area contributed by atoms with Gasteiger partial charge in [0.25, 0.3) is 0 Å². The lowest BCUT2D eigenvalue weighted by Crippen LogP contribution is -2.13. The number of anilines is 1. The van der Waals surface area contributed by atoms with Crippen LogP contribution < -0.4 is 10.1 Å². The summed E-state index contributed by atoms with van der Waals surface area (Å²) in [7, 11) is 0. The van der Waals surface area contributed by atoms with Crippen molar-refractivity contribution >= 4 is 5.69 Å². The first-order chi connectivity index (χ1) is 6.25. The van der Waals surface area contributed by atoms with E-state index in [1.54, 1.807) is 18.2 Å². The molecule has 0 aliphatic carbocycles. The van der Waals surface area contributed by atoms with Crippen molar-refractivity contribution in [3.05, 3.63) is 18.2 Å². The zero-order valence-electron chi connectivity index (χ0n) is 7.58. The third-order valence-electron chi connectivity index (χ3n) is 2.13. The van der Waals surface area contributed by atoms with E-state index in [9.17, 15) is 5.11 Å². The number of aromatic hydroxyl groups is 1. The molecule has 0 saturated carbocycles. The number of phenols is 1. The van der Waals surface area contributed by atoms with Crippen molar-refractivity contribution in [2.24, 2.45) is 5.92 Å². The molecule has 1 aromatic rings. The van der Waals surface area contributed by atoms with E-state index < -0.39 is 0 Å². The summed E-state index contributed by atoms with van der Waals surface area (Å²) in [5, 5.41) is 12.5. The molecule has 1 unspecified atom stereocenters. The molecule has 1 aromatic carbocycles. The van der Waals surface area contributed by atoms with Crippen molar-refractivity contribution < 1.29 is 9.84 Å². The summed E-state index contributed by atoms with van der Waals surface area (Å²) in [6.45, 7) is 3.74. The number of rotatable bonds is 0. The van der Waals surface area contributed by atoms with Gasteiger partial charge in [-0.05, 0) is 12.1 Å². The Kier molecular flexibility index (Phi) is 2.00. The molecule has 0 spiro atoms. The third kappa shape index (κ3) is 1.69. The van der Waals surface area contributed by atoms with Crippen LogP contribution in [0.1, 0.15) is 6.92 Å². The van der Waals surface area contributed by atoms with Crippen LogP contribution in [0.4, 0.5) is 5.69 Å². The minimum atomic E-state index is 0.268. The van der Waals surface area contributed by atoms with Crippen LogP contribution in [0.15, 0.2) is 18.2 Å². The first kappa shape index (κ1) is 8.23. The smallest absolute Gasteiger partial charge is 0.142 e. The van der Waals surface area contributed by atoms with E-state index in [4.69, 9.17) is 4.74 Å². The lowest BCUT2D eigenvalue weighted by Gasteiger charge is -2.06. The molecule has 1 atom stereocenters. The van der Waals surface area contributed by atoms with Crippen molar-refractivity contribution in [1.29, 1.82) is 0 Å². The summed E-state index contributed by atoms with van der Waals surface area (Å²) in [6.07, 6.45) is 0.